The van der Waals surface area contributed by atoms with E-state index in [9.17, 15) is 4.79 Å². The fourth-order valence-corrected chi connectivity index (χ4v) is 3.33. The lowest BCUT2D eigenvalue weighted by Gasteiger charge is -2.11. The molecule has 0 amide bonds. The van der Waals surface area contributed by atoms with Gasteiger partial charge in [-0.05, 0) is 49.7 Å². The van der Waals surface area contributed by atoms with E-state index < -0.39 is 5.97 Å². The molecule has 2 aromatic heterocycles. The number of pyridine rings is 1. The van der Waals surface area contributed by atoms with Gasteiger partial charge in [-0.2, -0.15) is 0 Å². The maximum Gasteiger partial charge on any atom is 0.345 e. The van der Waals surface area contributed by atoms with Crippen LogP contribution in [0.5, 0.6) is 11.5 Å². The molecule has 0 fully saturated rings. The highest BCUT2D eigenvalue weighted by Crippen LogP contribution is 2.31. The molecule has 0 atom stereocenters. The van der Waals surface area contributed by atoms with E-state index >= 15 is 0 Å². The first-order valence-corrected chi connectivity index (χ1v) is 9.28. The van der Waals surface area contributed by atoms with E-state index in [-0.39, 0.29) is 0 Å². The van der Waals surface area contributed by atoms with Gasteiger partial charge in [-0.15, -0.1) is 0 Å². The summed E-state index contributed by atoms with van der Waals surface area (Å²) in [4.78, 5) is 25.0. The van der Waals surface area contributed by atoms with Gasteiger partial charge in [0.2, 0.25) is 0 Å². The Balaban J connectivity index is 1.71. The van der Waals surface area contributed by atoms with Gasteiger partial charge in [-0.1, -0.05) is 17.8 Å². The lowest BCUT2D eigenvalue weighted by atomic mass is 10.2. The molecule has 0 saturated heterocycles. The molecule has 0 aliphatic rings. The number of hydrogen-bond donors (Lipinski definition) is 0. The molecule has 7 heteroatoms. The van der Waals surface area contributed by atoms with E-state index in [0.29, 0.717) is 22.8 Å². The maximum absolute atomic E-state index is 12.2. The van der Waals surface area contributed by atoms with Gasteiger partial charge in [0.1, 0.15) is 0 Å². The molecule has 0 N–H and O–H groups in total. The van der Waals surface area contributed by atoms with Crippen molar-refractivity contribution in [3.63, 3.8) is 0 Å². The molecular weight excluding hydrogens is 362 g/mol. The Morgan fingerprint density at radius 2 is 1.85 bits per heavy atom. The van der Waals surface area contributed by atoms with Crippen LogP contribution in [0.2, 0.25) is 0 Å². The minimum Gasteiger partial charge on any atom is -0.493 e. The number of aryl methyl sites for hydroxylation is 2. The van der Waals surface area contributed by atoms with Crippen molar-refractivity contribution in [2.24, 2.45) is 0 Å². The summed E-state index contributed by atoms with van der Waals surface area (Å²) in [6.07, 6.45) is 3.06. The van der Waals surface area contributed by atoms with Crippen LogP contribution in [-0.2, 0) is 5.75 Å². The maximum atomic E-state index is 12.2. The zero-order valence-electron chi connectivity index (χ0n) is 15.3. The number of hydrogen-bond acceptors (Lipinski definition) is 7. The number of carbonyl (C=O) groups excluding carboxylic acids is 1. The lowest BCUT2D eigenvalue weighted by Crippen LogP contribution is -2.09. The molecule has 27 heavy (non-hydrogen) atoms. The van der Waals surface area contributed by atoms with Gasteiger partial charge in [-0.25, -0.2) is 14.8 Å². The third-order valence-electron chi connectivity index (χ3n) is 3.66. The number of thioether (sulfide) groups is 1. The number of rotatable bonds is 6. The van der Waals surface area contributed by atoms with Crippen molar-refractivity contribution in [3.8, 4) is 11.5 Å². The second kappa shape index (κ2) is 8.64. The van der Waals surface area contributed by atoms with Gasteiger partial charge < -0.3 is 9.47 Å². The SMILES string of the molecule is COc1cc(CSc2nc(C)cc(C)n2)ccc1OC(=O)c1cccnc1. The Morgan fingerprint density at radius 3 is 2.52 bits per heavy atom. The third-order valence-corrected chi connectivity index (χ3v) is 4.58. The van der Waals surface area contributed by atoms with Crippen molar-refractivity contribution in [1.29, 1.82) is 0 Å². The summed E-state index contributed by atoms with van der Waals surface area (Å²) in [5.74, 6) is 1.05. The highest BCUT2D eigenvalue weighted by atomic mass is 32.2. The van der Waals surface area contributed by atoms with Crippen molar-refractivity contribution in [3.05, 3.63) is 71.3 Å². The number of esters is 1. The number of aromatic nitrogens is 3. The van der Waals surface area contributed by atoms with Gasteiger partial charge in [0.15, 0.2) is 16.7 Å². The second-order valence-electron chi connectivity index (χ2n) is 5.84. The van der Waals surface area contributed by atoms with Crippen LogP contribution in [0.25, 0.3) is 0 Å². The molecule has 0 bridgehead atoms. The highest BCUT2D eigenvalue weighted by molar-refractivity contribution is 7.98. The molecular formula is C20H19N3O3S. The zero-order valence-corrected chi connectivity index (χ0v) is 16.1. The van der Waals surface area contributed by atoms with E-state index in [1.807, 2.05) is 32.0 Å². The number of nitrogens with zero attached hydrogens (tertiary/aromatic N) is 3. The molecule has 3 rings (SSSR count). The van der Waals surface area contributed by atoms with Gasteiger partial charge in [0, 0.05) is 29.5 Å². The molecule has 0 spiro atoms. The van der Waals surface area contributed by atoms with Crippen molar-refractivity contribution in [2.75, 3.05) is 7.11 Å². The quantitative estimate of drug-likeness (QED) is 0.276. The monoisotopic (exact) mass is 381 g/mol. The molecule has 1 aromatic carbocycles. The van der Waals surface area contributed by atoms with E-state index in [4.69, 9.17) is 9.47 Å². The van der Waals surface area contributed by atoms with Crippen molar-refractivity contribution < 1.29 is 14.3 Å². The van der Waals surface area contributed by atoms with Crippen LogP contribution in [-0.4, -0.2) is 28.0 Å². The first kappa shape index (κ1) is 18.8. The lowest BCUT2D eigenvalue weighted by molar-refractivity contribution is 0.0729. The normalized spacial score (nSPS) is 10.5. The average Bonchev–Trinajstić information content (AvgIpc) is 2.67. The second-order valence-corrected chi connectivity index (χ2v) is 6.78. The van der Waals surface area contributed by atoms with E-state index in [2.05, 4.69) is 15.0 Å². The first-order chi connectivity index (χ1) is 13.0. The van der Waals surface area contributed by atoms with Crippen molar-refractivity contribution >= 4 is 17.7 Å². The highest BCUT2D eigenvalue weighted by Gasteiger charge is 2.13. The summed E-state index contributed by atoms with van der Waals surface area (Å²) < 4.78 is 10.8. The largest absolute Gasteiger partial charge is 0.493 e. The van der Waals surface area contributed by atoms with Crippen LogP contribution >= 0.6 is 11.8 Å². The van der Waals surface area contributed by atoms with Gasteiger partial charge >= 0.3 is 5.97 Å². The van der Waals surface area contributed by atoms with Gasteiger partial charge in [0.25, 0.3) is 0 Å². The summed E-state index contributed by atoms with van der Waals surface area (Å²) in [7, 11) is 1.54. The summed E-state index contributed by atoms with van der Waals surface area (Å²) in [5.41, 5.74) is 3.28. The molecule has 138 valence electrons. The minimum absolute atomic E-state index is 0.364. The number of ether oxygens (including phenoxy) is 2. The van der Waals surface area contributed by atoms with Crippen LogP contribution in [0.3, 0.4) is 0 Å². The topological polar surface area (TPSA) is 74.2 Å². The fraction of sp³-hybridized carbons (Fsp3) is 0.200. The predicted molar refractivity (Wildman–Crippen MR) is 103 cm³/mol. The third kappa shape index (κ3) is 5.04. The van der Waals surface area contributed by atoms with Crippen LogP contribution in [0.4, 0.5) is 0 Å². The Labute approximate surface area is 162 Å². The standard InChI is InChI=1S/C20H19N3O3S/c1-13-9-14(2)23-20(22-13)27-12-15-6-7-17(18(10-15)25-3)26-19(24)16-5-4-8-21-11-16/h4-11H,12H2,1-3H3. The molecule has 0 aliphatic carbocycles. The molecule has 3 aromatic rings. The smallest absolute Gasteiger partial charge is 0.345 e. The number of benzene rings is 1. The van der Waals surface area contributed by atoms with E-state index in [1.165, 1.54) is 6.20 Å². The molecule has 0 saturated carbocycles. The summed E-state index contributed by atoms with van der Waals surface area (Å²) >= 11 is 1.54. The summed E-state index contributed by atoms with van der Waals surface area (Å²) in [6, 6.07) is 10.7. The van der Waals surface area contributed by atoms with Crippen LogP contribution in [0.1, 0.15) is 27.3 Å². The first-order valence-electron chi connectivity index (χ1n) is 8.29. The Bertz CT molecular complexity index is 928. The van der Waals surface area contributed by atoms with Crippen LogP contribution in [0.15, 0.2) is 53.9 Å². The molecule has 0 aliphatic heterocycles. The van der Waals surface area contributed by atoms with Gasteiger partial charge in [0.05, 0.1) is 12.7 Å². The molecule has 2 heterocycles. The van der Waals surface area contributed by atoms with Crippen molar-refractivity contribution in [1.82, 2.24) is 15.0 Å². The Kier molecular flexibility index (Phi) is 6.03. The Hall–Kier alpha value is -2.93. The van der Waals surface area contributed by atoms with Crippen LogP contribution < -0.4 is 9.47 Å². The minimum atomic E-state index is -0.479. The molecule has 6 nitrogen and oxygen atoms in total. The fourth-order valence-electron chi connectivity index (χ4n) is 2.43. The summed E-state index contributed by atoms with van der Waals surface area (Å²) in [5, 5.41) is 0.735. The Morgan fingerprint density at radius 1 is 1.07 bits per heavy atom. The van der Waals surface area contributed by atoms with E-state index in [1.54, 1.807) is 43.3 Å². The molecule has 0 unspecified atom stereocenters. The molecule has 0 radical (unpaired) electrons. The van der Waals surface area contributed by atoms with E-state index in [0.717, 1.165) is 22.1 Å². The average molecular weight is 381 g/mol. The number of methoxy groups -OCH3 is 1. The number of carbonyl (C=O) groups is 1. The summed E-state index contributed by atoms with van der Waals surface area (Å²) in [6.45, 7) is 3.90. The van der Waals surface area contributed by atoms with Crippen molar-refractivity contribution in [2.45, 2.75) is 24.8 Å². The van der Waals surface area contributed by atoms with Crippen LogP contribution in [0, 0.1) is 13.8 Å². The zero-order chi connectivity index (χ0) is 19.2. The predicted octanol–water partition coefficient (Wildman–Crippen LogP) is 4.01. The van der Waals surface area contributed by atoms with Gasteiger partial charge in [-0.3, -0.25) is 4.98 Å².